The molecule has 1 saturated heterocycles. The number of nitro groups is 1. The summed E-state index contributed by atoms with van der Waals surface area (Å²) in [5, 5.41) is 14.1. The number of rotatable bonds is 6. The molecule has 5 nitrogen and oxygen atoms in total. The number of hydrogen-bond acceptors (Lipinski definition) is 4. The highest BCUT2D eigenvalue weighted by molar-refractivity contribution is 5.32. The van der Waals surface area contributed by atoms with Crippen molar-refractivity contribution in [3.05, 3.63) is 39.9 Å². The number of aryl methyl sites for hydroxylation is 1. The van der Waals surface area contributed by atoms with E-state index in [9.17, 15) is 10.1 Å². The third kappa shape index (κ3) is 4.02. The highest BCUT2D eigenvalue weighted by Gasteiger charge is 2.24. The van der Waals surface area contributed by atoms with Crippen LogP contribution in [-0.4, -0.2) is 30.7 Å². The van der Waals surface area contributed by atoms with Crippen LogP contribution in [0.25, 0.3) is 0 Å². The Hall–Kier alpha value is -1.46. The van der Waals surface area contributed by atoms with E-state index in [1.807, 2.05) is 12.1 Å². The molecule has 0 aromatic heterocycles. The fraction of sp³-hybridized carbons (Fsp3) is 0.600. The van der Waals surface area contributed by atoms with E-state index in [0.717, 1.165) is 44.6 Å². The lowest BCUT2D eigenvalue weighted by atomic mass is 9.90. The molecule has 1 aromatic carbocycles. The number of nitrogens with zero attached hydrogens (tertiary/aromatic N) is 1. The van der Waals surface area contributed by atoms with Gasteiger partial charge in [0, 0.05) is 24.8 Å². The first-order chi connectivity index (χ1) is 9.70. The van der Waals surface area contributed by atoms with Gasteiger partial charge in [0.15, 0.2) is 0 Å². The summed E-state index contributed by atoms with van der Waals surface area (Å²) in [5.41, 5.74) is 1.30. The zero-order chi connectivity index (χ0) is 14.4. The molecule has 20 heavy (non-hydrogen) atoms. The zero-order valence-electron chi connectivity index (χ0n) is 11.9. The van der Waals surface area contributed by atoms with Crippen molar-refractivity contribution in [2.45, 2.75) is 32.2 Å². The number of non-ortho nitro benzene ring substituents is 1. The molecule has 1 fully saturated rings. The third-order valence-corrected chi connectivity index (χ3v) is 3.89. The highest BCUT2D eigenvalue weighted by atomic mass is 16.6. The van der Waals surface area contributed by atoms with E-state index in [2.05, 4.69) is 12.2 Å². The van der Waals surface area contributed by atoms with E-state index in [-0.39, 0.29) is 10.6 Å². The van der Waals surface area contributed by atoms with Crippen molar-refractivity contribution in [1.82, 2.24) is 5.32 Å². The third-order valence-electron chi connectivity index (χ3n) is 3.89. The van der Waals surface area contributed by atoms with Crippen molar-refractivity contribution < 1.29 is 9.66 Å². The van der Waals surface area contributed by atoms with Crippen LogP contribution < -0.4 is 5.32 Å². The van der Waals surface area contributed by atoms with Crippen molar-refractivity contribution in [2.24, 2.45) is 5.92 Å². The fourth-order valence-electron chi connectivity index (χ4n) is 2.75. The second kappa shape index (κ2) is 7.36. The van der Waals surface area contributed by atoms with Crippen LogP contribution in [0.1, 0.15) is 25.3 Å². The molecule has 0 saturated carbocycles. The van der Waals surface area contributed by atoms with Gasteiger partial charge in [0.05, 0.1) is 11.5 Å². The topological polar surface area (TPSA) is 64.4 Å². The molecule has 0 bridgehead atoms. The molecule has 1 aromatic rings. The molecule has 2 atom stereocenters. The van der Waals surface area contributed by atoms with Crippen LogP contribution in [0, 0.1) is 16.0 Å². The van der Waals surface area contributed by atoms with Gasteiger partial charge in [-0.05, 0) is 37.3 Å². The molecule has 0 aliphatic carbocycles. The average Bonchev–Trinajstić information content (AvgIpc) is 2.47. The first-order valence-electron chi connectivity index (χ1n) is 7.25. The predicted octanol–water partition coefficient (Wildman–Crippen LogP) is 2.54. The normalized spacial score (nSPS) is 22.6. The van der Waals surface area contributed by atoms with E-state index in [1.165, 1.54) is 0 Å². The fourth-order valence-corrected chi connectivity index (χ4v) is 2.75. The van der Waals surface area contributed by atoms with Gasteiger partial charge in [-0.15, -0.1) is 0 Å². The summed E-state index contributed by atoms with van der Waals surface area (Å²) in [6, 6.07) is 7.39. The number of ether oxygens (including phenoxy) is 1. The van der Waals surface area contributed by atoms with E-state index in [0.29, 0.717) is 12.0 Å². The maximum absolute atomic E-state index is 10.6. The Morgan fingerprint density at radius 2 is 2.15 bits per heavy atom. The maximum Gasteiger partial charge on any atom is 0.269 e. The molecule has 0 radical (unpaired) electrons. The first kappa shape index (κ1) is 14.9. The molecule has 0 amide bonds. The summed E-state index contributed by atoms with van der Waals surface area (Å²) in [7, 11) is 0. The SMILES string of the molecule is CCNC1CCOCC1CCc1ccc([N+](=O)[O-])cc1. The van der Waals surface area contributed by atoms with E-state index < -0.39 is 0 Å². The lowest BCUT2D eigenvalue weighted by molar-refractivity contribution is -0.384. The lowest BCUT2D eigenvalue weighted by Gasteiger charge is -2.32. The number of nitrogens with one attached hydrogen (secondary N) is 1. The predicted molar refractivity (Wildman–Crippen MR) is 77.8 cm³/mol. The monoisotopic (exact) mass is 278 g/mol. The summed E-state index contributed by atoms with van der Waals surface area (Å²) in [5.74, 6) is 0.527. The van der Waals surface area contributed by atoms with Crippen LogP contribution in [0.4, 0.5) is 5.69 Å². The van der Waals surface area contributed by atoms with Crippen LogP contribution in [0.3, 0.4) is 0 Å². The van der Waals surface area contributed by atoms with Crippen LogP contribution in [0.2, 0.25) is 0 Å². The van der Waals surface area contributed by atoms with Gasteiger partial charge in [-0.25, -0.2) is 0 Å². The van der Waals surface area contributed by atoms with Gasteiger partial charge < -0.3 is 10.1 Å². The molecule has 2 unspecified atom stereocenters. The van der Waals surface area contributed by atoms with Crippen LogP contribution in [0.5, 0.6) is 0 Å². The second-order valence-electron chi connectivity index (χ2n) is 5.25. The van der Waals surface area contributed by atoms with Crippen molar-refractivity contribution in [2.75, 3.05) is 19.8 Å². The van der Waals surface area contributed by atoms with Gasteiger partial charge in [-0.1, -0.05) is 19.1 Å². The van der Waals surface area contributed by atoms with E-state index in [1.54, 1.807) is 12.1 Å². The first-order valence-corrected chi connectivity index (χ1v) is 7.25. The van der Waals surface area contributed by atoms with Crippen LogP contribution >= 0.6 is 0 Å². The number of nitro benzene ring substituents is 1. The number of benzene rings is 1. The van der Waals surface area contributed by atoms with Gasteiger partial charge in [0.1, 0.15) is 0 Å². The van der Waals surface area contributed by atoms with Crippen LogP contribution in [-0.2, 0) is 11.2 Å². The minimum Gasteiger partial charge on any atom is -0.381 e. The van der Waals surface area contributed by atoms with E-state index >= 15 is 0 Å². The Bertz CT molecular complexity index is 431. The Morgan fingerprint density at radius 1 is 1.40 bits per heavy atom. The van der Waals surface area contributed by atoms with Gasteiger partial charge in [-0.2, -0.15) is 0 Å². The molecule has 110 valence electrons. The van der Waals surface area contributed by atoms with Crippen LogP contribution in [0.15, 0.2) is 24.3 Å². The highest BCUT2D eigenvalue weighted by Crippen LogP contribution is 2.21. The minimum atomic E-state index is -0.361. The molecule has 2 rings (SSSR count). The molecule has 1 heterocycles. The standard InChI is InChI=1S/C15H22N2O3/c1-2-16-15-9-10-20-11-13(15)6-3-12-4-7-14(8-5-12)17(18)19/h4-5,7-8,13,15-16H,2-3,6,9-11H2,1H3. The Morgan fingerprint density at radius 3 is 2.80 bits per heavy atom. The molecular formula is C15H22N2O3. The number of hydrogen-bond donors (Lipinski definition) is 1. The Balaban J connectivity index is 1.88. The molecule has 1 N–H and O–H groups in total. The van der Waals surface area contributed by atoms with E-state index in [4.69, 9.17) is 4.74 Å². The summed E-state index contributed by atoms with van der Waals surface area (Å²) in [6.07, 6.45) is 3.06. The van der Waals surface area contributed by atoms with Gasteiger partial charge >= 0.3 is 0 Å². The summed E-state index contributed by atoms with van der Waals surface area (Å²) >= 11 is 0. The quantitative estimate of drug-likeness (QED) is 0.641. The summed E-state index contributed by atoms with van der Waals surface area (Å²) in [6.45, 7) is 4.76. The minimum absolute atomic E-state index is 0.153. The van der Waals surface area contributed by atoms with Crippen molar-refractivity contribution in [1.29, 1.82) is 0 Å². The lowest BCUT2D eigenvalue weighted by Crippen LogP contribution is -2.42. The Labute approximate surface area is 119 Å². The molecule has 1 aliphatic heterocycles. The molecular weight excluding hydrogens is 256 g/mol. The molecule has 1 aliphatic rings. The summed E-state index contributed by atoms with van der Waals surface area (Å²) in [4.78, 5) is 10.3. The zero-order valence-corrected chi connectivity index (χ0v) is 11.9. The molecule has 5 heteroatoms. The average molecular weight is 278 g/mol. The maximum atomic E-state index is 10.6. The van der Waals surface area contributed by atoms with Crippen molar-refractivity contribution in [3.8, 4) is 0 Å². The van der Waals surface area contributed by atoms with Gasteiger partial charge in [0.25, 0.3) is 5.69 Å². The van der Waals surface area contributed by atoms with Crippen molar-refractivity contribution >= 4 is 5.69 Å². The Kier molecular flexibility index (Phi) is 5.49. The summed E-state index contributed by atoms with van der Waals surface area (Å²) < 4.78 is 5.57. The van der Waals surface area contributed by atoms with Gasteiger partial charge in [-0.3, -0.25) is 10.1 Å². The van der Waals surface area contributed by atoms with Gasteiger partial charge in [0.2, 0.25) is 0 Å². The second-order valence-corrected chi connectivity index (χ2v) is 5.25. The molecule has 0 spiro atoms. The largest absolute Gasteiger partial charge is 0.381 e. The van der Waals surface area contributed by atoms with Crippen molar-refractivity contribution in [3.63, 3.8) is 0 Å². The smallest absolute Gasteiger partial charge is 0.269 e.